The third-order valence-electron chi connectivity index (χ3n) is 5.94. The summed E-state index contributed by atoms with van der Waals surface area (Å²) in [6, 6.07) is 26.5. The Morgan fingerprint density at radius 3 is 2.59 bits per heavy atom. The molecular weight excluding hydrogens is 442 g/mol. The summed E-state index contributed by atoms with van der Waals surface area (Å²) in [7, 11) is 0. The van der Waals surface area contributed by atoms with E-state index < -0.39 is 0 Å². The summed E-state index contributed by atoms with van der Waals surface area (Å²) >= 11 is 1.52. The van der Waals surface area contributed by atoms with Crippen molar-refractivity contribution in [2.24, 2.45) is 0 Å². The van der Waals surface area contributed by atoms with Crippen LogP contribution >= 0.6 is 11.3 Å². The van der Waals surface area contributed by atoms with Crippen molar-refractivity contribution < 1.29 is 0 Å². The van der Waals surface area contributed by atoms with Gasteiger partial charge in [-0.05, 0) is 37.3 Å². The number of hydrogen-bond donors (Lipinski definition) is 0. The van der Waals surface area contributed by atoms with Crippen LogP contribution in [0.25, 0.3) is 54.9 Å². The lowest BCUT2D eigenvalue weighted by Crippen LogP contribution is -1.96. The van der Waals surface area contributed by atoms with Crippen LogP contribution in [0.3, 0.4) is 0 Å². The van der Waals surface area contributed by atoms with Gasteiger partial charge in [0.2, 0.25) is 10.8 Å². The van der Waals surface area contributed by atoms with Crippen molar-refractivity contribution >= 4 is 32.8 Å². The van der Waals surface area contributed by atoms with Crippen LogP contribution in [0.1, 0.15) is 5.69 Å². The summed E-state index contributed by atoms with van der Waals surface area (Å²) in [5.74, 6) is 0.679. The topological polar surface area (TPSA) is 73.3 Å². The Bertz CT molecular complexity index is 1830. The summed E-state index contributed by atoms with van der Waals surface area (Å²) in [6.07, 6.45) is 1.99. The molecule has 7 nitrogen and oxygen atoms in total. The molecule has 0 bridgehead atoms. The summed E-state index contributed by atoms with van der Waals surface area (Å²) in [5.41, 5.74) is 6.67. The number of aryl methyl sites for hydroxylation is 1. The average molecular weight is 460 g/mol. The van der Waals surface area contributed by atoms with E-state index in [9.17, 15) is 0 Å². The lowest BCUT2D eigenvalue weighted by atomic mass is 10.1. The van der Waals surface area contributed by atoms with Crippen LogP contribution in [0.2, 0.25) is 0 Å². The smallest absolute Gasteiger partial charge is 0.235 e. The van der Waals surface area contributed by atoms with Gasteiger partial charge in [-0.1, -0.05) is 59.9 Å². The summed E-state index contributed by atoms with van der Waals surface area (Å²) in [4.78, 5) is 10.3. The zero-order valence-electron chi connectivity index (χ0n) is 18.1. The Balaban J connectivity index is 1.38. The maximum atomic E-state index is 4.92. The predicted octanol–water partition coefficient (Wildman–Crippen LogP) is 5.69. The van der Waals surface area contributed by atoms with Gasteiger partial charge in [-0.3, -0.25) is 4.40 Å². The van der Waals surface area contributed by atoms with Crippen LogP contribution in [0.4, 0.5) is 0 Å². The first-order valence-corrected chi connectivity index (χ1v) is 11.7. The standard InChI is InChI=1S/C26H17N7S/c1-16-23(32-15-6-5-12-22(32)27-16)24-29-30-26-33(24)31-25(34-26)19-10-7-11-21-18(19)13-14-20(28-21)17-8-3-2-4-9-17/h2-15H,1H3. The van der Waals surface area contributed by atoms with Crippen molar-refractivity contribution in [3.8, 4) is 33.3 Å². The molecule has 0 amide bonds. The minimum absolute atomic E-state index is 0.679. The fourth-order valence-corrected chi connectivity index (χ4v) is 5.25. The van der Waals surface area contributed by atoms with Gasteiger partial charge in [0.15, 0.2) is 0 Å². The molecule has 0 N–H and O–H groups in total. The summed E-state index contributed by atoms with van der Waals surface area (Å²) in [5, 5.41) is 15.7. The largest absolute Gasteiger partial charge is 0.297 e. The van der Waals surface area contributed by atoms with Crippen molar-refractivity contribution in [3.63, 3.8) is 0 Å². The Hall–Kier alpha value is -4.43. The lowest BCUT2D eigenvalue weighted by molar-refractivity contribution is 0.954. The molecule has 0 saturated heterocycles. The maximum Gasteiger partial charge on any atom is 0.235 e. The molecule has 0 atom stereocenters. The van der Waals surface area contributed by atoms with Gasteiger partial charge in [0.25, 0.3) is 0 Å². The van der Waals surface area contributed by atoms with Crippen LogP contribution < -0.4 is 0 Å². The van der Waals surface area contributed by atoms with Crippen LogP contribution in [0.5, 0.6) is 0 Å². The SMILES string of the molecule is Cc1nc2ccccn2c1-c1nnc2sc(-c3cccc4nc(-c5ccccc5)ccc34)nn12. The number of fused-ring (bicyclic) bond motifs is 3. The van der Waals surface area contributed by atoms with Gasteiger partial charge in [-0.25, -0.2) is 9.97 Å². The van der Waals surface area contributed by atoms with Crippen molar-refractivity contribution in [3.05, 3.63) is 90.8 Å². The molecule has 0 radical (unpaired) electrons. The number of benzene rings is 2. The summed E-state index contributed by atoms with van der Waals surface area (Å²) in [6.45, 7) is 1.98. The Labute approximate surface area is 198 Å². The first-order chi connectivity index (χ1) is 16.8. The van der Waals surface area contributed by atoms with E-state index in [0.717, 1.165) is 54.7 Å². The second-order valence-electron chi connectivity index (χ2n) is 8.03. The van der Waals surface area contributed by atoms with Crippen LogP contribution in [0.15, 0.2) is 85.1 Å². The molecule has 5 heterocycles. The van der Waals surface area contributed by atoms with Gasteiger partial charge in [-0.2, -0.15) is 9.61 Å². The minimum atomic E-state index is 0.679. The second kappa shape index (κ2) is 7.29. The molecule has 0 aliphatic carbocycles. The van der Waals surface area contributed by atoms with E-state index >= 15 is 0 Å². The monoisotopic (exact) mass is 459 g/mol. The molecule has 7 rings (SSSR count). The van der Waals surface area contributed by atoms with Crippen molar-refractivity contribution in [1.29, 1.82) is 0 Å². The molecule has 0 aliphatic heterocycles. The number of nitrogens with zero attached hydrogens (tertiary/aromatic N) is 7. The molecule has 0 unspecified atom stereocenters. The van der Waals surface area contributed by atoms with E-state index in [4.69, 9.17) is 10.1 Å². The zero-order valence-corrected chi connectivity index (χ0v) is 18.9. The lowest BCUT2D eigenvalue weighted by Gasteiger charge is -2.06. The minimum Gasteiger partial charge on any atom is -0.297 e. The van der Waals surface area contributed by atoms with E-state index in [1.807, 2.05) is 70.6 Å². The van der Waals surface area contributed by atoms with Gasteiger partial charge in [0.1, 0.15) is 16.3 Å². The van der Waals surface area contributed by atoms with Crippen molar-refractivity contribution in [2.75, 3.05) is 0 Å². The number of aromatic nitrogens is 7. The molecule has 0 saturated carbocycles. The van der Waals surface area contributed by atoms with Gasteiger partial charge >= 0.3 is 0 Å². The molecule has 162 valence electrons. The highest BCUT2D eigenvalue weighted by molar-refractivity contribution is 7.20. The molecule has 0 spiro atoms. The highest BCUT2D eigenvalue weighted by Gasteiger charge is 2.20. The van der Waals surface area contributed by atoms with E-state index in [1.54, 1.807) is 0 Å². The van der Waals surface area contributed by atoms with E-state index in [2.05, 4.69) is 45.5 Å². The highest BCUT2D eigenvalue weighted by atomic mass is 32.1. The number of pyridine rings is 2. The van der Waals surface area contributed by atoms with Crippen molar-refractivity contribution in [2.45, 2.75) is 6.92 Å². The second-order valence-corrected chi connectivity index (χ2v) is 8.99. The molecule has 0 fully saturated rings. The average Bonchev–Trinajstić information content (AvgIpc) is 3.56. The van der Waals surface area contributed by atoms with Gasteiger partial charge in [-0.15, -0.1) is 10.2 Å². The number of hydrogen-bond acceptors (Lipinski definition) is 6. The Kier molecular flexibility index (Phi) is 4.09. The maximum absolute atomic E-state index is 4.92. The summed E-state index contributed by atoms with van der Waals surface area (Å²) < 4.78 is 3.84. The molecule has 2 aromatic carbocycles. The van der Waals surface area contributed by atoms with E-state index in [1.165, 1.54) is 11.3 Å². The van der Waals surface area contributed by atoms with Gasteiger partial charge in [0.05, 0.1) is 16.9 Å². The molecule has 7 aromatic rings. The van der Waals surface area contributed by atoms with E-state index in [-0.39, 0.29) is 0 Å². The predicted molar refractivity (Wildman–Crippen MR) is 134 cm³/mol. The van der Waals surface area contributed by atoms with Crippen LogP contribution in [0, 0.1) is 6.92 Å². The van der Waals surface area contributed by atoms with Crippen molar-refractivity contribution in [1.82, 2.24) is 34.2 Å². The van der Waals surface area contributed by atoms with Gasteiger partial charge < -0.3 is 0 Å². The van der Waals surface area contributed by atoms with Gasteiger partial charge in [0, 0.05) is 22.7 Å². The number of imidazole rings is 1. The fourth-order valence-electron chi connectivity index (χ4n) is 4.37. The third kappa shape index (κ3) is 2.85. The molecular formula is C26H17N7S. The van der Waals surface area contributed by atoms with E-state index in [0.29, 0.717) is 5.82 Å². The molecule has 5 aromatic heterocycles. The third-order valence-corrected chi connectivity index (χ3v) is 6.87. The zero-order chi connectivity index (χ0) is 22.6. The first kappa shape index (κ1) is 19.1. The molecule has 0 aliphatic rings. The fraction of sp³-hybridized carbons (Fsp3) is 0.0385. The van der Waals surface area contributed by atoms with Crippen LogP contribution in [-0.2, 0) is 0 Å². The number of rotatable bonds is 3. The molecule has 34 heavy (non-hydrogen) atoms. The Morgan fingerprint density at radius 1 is 0.794 bits per heavy atom. The van der Waals surface area contributed by atoms with Crippen LogP contribution in [-0.4, -0.2) is 34.2 Å². The first-order valence-electron chi connectivity index (χ1n) is 10.9. The quantitative estimate of drug-likeness (QED) is 0.339. The normalized spacial score (nSPS) is 11.7. The highest BCUT2D eigenvalue weighted by Crippen LogP contribution is 2.34. The Morgan fingerprint density at radius 2 is 1.68 bits per heavy atom. The molecule has 8 heteroatoms.